The van der Waals surface area contributed by atoms with Crippen molar-refractivity contribution in [3.05, 3.63) is 23.5 Å². The van der Waals surface area contributed by atoms with Crippen molar-refractivity contribution in [2.45, 2.75) is 13.3 Å². The number of aromatic nitrogens is 1. The Morgan fingerprint density at radius 2 is 2.33 bits per heavy atom. The Balaban J connectivity index is 2.54. The van der Waals surface area contributed by atoms with E-state index < -0.39 is 0 Å². The number of hydrogen-bond acceptors (Lipinski definition) is 2. The van der Waals surface area contributed by atoms with Crippen molar-refractivity contribution in [1.82, 2.24) is 9.88 Å². The van der Waals surface area contributed by atoms with Gasteiger partial charge in [-0.25, -0.2) is 9.78 Å². The first-order valence-corrected chi connectivity index (χ1v) is 5.15. The summed E-state index contributed by atoms with van der Waals surface area (Å²) in [7, 11) is 1.75. The molecule has 0 saturated carbocycles. The van der Waals surface area contributed by atoms with E-state index >= 15 is 0 Å². The van der Waals surface area contributed by atoms with E-state index in [4.69, 9.17) is 11.6 Å². The van der Waals surface area contributed by atoms with Crippen LogP contribution in [0.25, 0.3) is 0 Å². The van der Waals surface area contributed by atoms with Gasteiger partial charge in [-0.2, -0.15) is 0 Å². The van der Waals surface area contributed by atoms with E-state index in [1.54, 1.807) is 24.1 Å². The third-order valence-corrected chi connectivity index (χ3v) is 2.11. The minimum atomic E-state index is -0.138. The molecule has 1 rings (SSSR count). The molecular formula is C10H14ClN3O. The van der Waals surface area contributed by atoms with Crippen molar-refractivity contribution in [2.75, 3.05) is 18.9 Å². The highest BCUT2D eigenvalue weighted by molar-refractivity contribution is 6.29. The summed E-state index contributed by atoms with van der Waals surface area (Å²) < 4.78 is 0. The number of pyridine rings is 1. The van der Waals surface area contributed by atoms with E-state index in [0.717, 1.165) is 13.0 Å². The van der Waals surface area contributed by atoms with Gasteiger partial charge >= 0.3 is 6.03 Å². The Kier molecular flexibility index (Phi) is 4.37. The zero-order valence-corrected chi connectivity index (χ0v) is 9.58. The molecule has 0 aliphatic heterocycles. The topological polar surface area (TPSA) is 45.2 Å². The fourth-order valence-corrected chi connectivity index (χ4v) is 1.22. The Morgan fingerprint density at radius 1 is 1.60 bits per heavy atom. The Labute approximate surface area is 94.3 Å². The minimum absolute atomic E-state index is 0.138. The van der Waals surface area contributed by atoms with Crippen LogP contribution in [0.3, 0.4) is 0 Å². The van der Waals surface area contributed by atoms with Gasteiger partial charge in [0.25, 0.3) is 0 Å². The van der Waals surface area contributed by atoms with E-state index in [0.29, 0.717) is 10.8 Å². The van der Waals surface area contributed by atoms with Crippen molar-refractivity contribution in [2.24, 2.45) is 0 Å². The van der Waals surface area contributed by atoms with E-state index in [-0.39, 0.29) is 6.03 Å². The van der Waals surface area contributed by atoms with Gasteiger partial charge in [0.05, 0.1) is 11.9 Å². The number of carbonyl (C=O) groups excluding carboxylic acids is 1. The van der Waals surface area contributed by atoms with Gasteiger partial charge < -0.3 is 10.2 Å². The standard InChI is InChI=1S/C10H14ClN3O/c1-3-6-14(2)10(15)13-8-4-5-9(11)12-7-8/h4-5,7H,3,6H2,1-2H3,(H,13,15). The molecule has 1 heterocycles. The average molecular weight is 228 g/mol. The number of urea groups is 1. The normalized spacial score (nSPS) is 9.80. The summed E-state index contributed by atoms with van der Waals surface area (Å²) in [6.45, 7) is 2.75. The first kappa shape index (κ1) is 11.8. The Morgan fingerprint density at radius 3 is 2.87 bits per heavy atom. The van der Waals surface area contributed by atoms with Gasteiger partial charge in [-0.05, 0) is 18.6 Å². The molecule has 1 aromatic rings. The number of nitrogens with one attached hydrogen (secondary N) is 1. The molecule has 0 aliphatic rings. The second-order valence-corrected chi connectivity index (χ2v) is 3.61. The van der Waals surface area contributed by atoms with E-state index in [9.17, 15) is 4.79 Å². The summed E-state index contributed by atoms with van der Waals surface area (Å²) >= 11 is 5.63. The molecule has 0 aromatic carbocycles. The van der Waals surface area contributed by atoms with Crippen molar-refractivity contribution < 1.29 is 4.79 Å². The number of anilines is 1. The van der Waals surface area contributed by atoms with Crippen LogP contribution < -0.4 is 5.32 Å². The first-order chi connectivity index (χ1) is 7.13. The summed E-state index contributed by atoms with van der Waals surface area (Å²) in [5.41, 5.74) is 0.646. The second-order valence-electron chi connectivity index (χ2n) is 3.22. The molecule has 0 spiro atoms. The summed E-state index contributed by atoms with van der Waals surface area (Å²) in [5, 5.41) is 3.13. The quantitative estimate of drug-likeness (QED) is 0.807. The molecule has 1 N–H and O–H groups in total. The lowest BCUT2D eigenvalue weighted by Crippen LogP contribution is -2.31. The van der Waals surface area contributed by atoms with Crippen LogP contribution in [0.2, 0.25) is 5.15 Å². The Bertz CT molecular complexity index is 326. The molecule has 15 heavy (non-hydrogen) atoms. The molecule has 82 valence electrons. The zero-order valence-electron chi connectivity index (χ0n) is 8.83. The Hall–Kier alpha value is -1.29. The summed E-state index contributed by atoms with van der Waals surface area (Å²) in [4.78, 5) is 17.0. The van der Waals surface area contributed by atoms with Crippen LogP contribution in [0, 0.1) is 0 Å². The number of amides is 2. The van der Waals surface area contributed by atoms with Gasteiger partial charge in [-0.15, -0.1) is 0 Å². The molecule has 4 nitrogen and oxygen atoms in total. The molecule has 0 radical (unpaired) electrons. The fourth-order valence-electron chi connectivity index (χ4n) is 1.11. The molecule has 0 fully saturated rings. The molecule has 0 aliphatic carbocycles. The predicted octanol–water partition coefficient (Wildman–Crippen LogP) is 2.61. The highest BCUT2D eigenvalue weighted by atomic mass is 35.5. The first-order valence-electron chi connectivity index (χ1n) is 4.77. The van der Waals surface area contributed by atoms with E-state index in [1.807, 2.05) is 6.92 Å². The van der Waals surface area contributed by atoms with Gasteiger partial charge in [0.2, 0.25) is 0 Å². The SMILES string of the molecule is CCCN(C)C(=O)Nc1ccc(Cl)nc1. The van der Waals surface area contributed by atoms with Crippen LogP contribution in [0.5, 0.6) is 0 Å². The molecule has 5 heteroatoms. The van der Waals surface area contributed by atoms with Gasteiger partial charge in [0, 0.05) is 13.6 Å². The van der Waals surface area contributed by atoms with Crippen molar-refractivity contribution in [1.29, 1.82) is 0 Å². The molecular weight excluding hydrogens is 214 g/mol. The third-order valence-electron chi connectivity index (χ3n) is 1.88. The monoisotopic (exact) mass is 227 g/mol. The van der Waals surface area contributed by atoms with Crippen LogP contribution in [0.15, 0.2) is 18.3 Å². The lowest BCUT2D eigenvalue weighted by atomic mass is 10.4. The molecule has 2 amide bonds. The lowest BCUT2D eigenvalue weighted by molar-refractivity contribution is 0.222. The van der Waals surface area contributed by atoms with E-state index in [1.165, 1.54) is 6.20 Å². The van der Waals surface area contributed by atoms with Gasteiger partial charge in [-0.1, -0.05) is 18.5 Å². The lowest BCUT2D eigenvalue weighted by Gasteiger charge is -2.16. The molecule has 1 aromatic heterocycles. The van der Waals surface area contributed by atoms with Crippen molar-refractivity contribution in [3.63, 3.8) is 0 Å². The maximum absolute atomic E-state index is 11.5. The van der Waals surface area contributed by atoms with Crippen LogP contribution in [-0.4, -0.2) is 29.5 Å². The predicted molar refractivity (Wildman–Crippen MR) is 61.2 cm³/mol. The van der Waals surface area contributed by atoms with Gasteiger partial charge in [-0.3, -0.25) is 0 Å². The fraction of sp³-hybridized carbons (Fsp3) is 0.400. The number of halogens is 1. The number of rotatable bonds is 3. The van der Waals surface area contributed by atoms with Crippen LogP contribution in [0.1, 0.15) is 13.3 Å². The molecule has 0 atom stereocenters. The largest absolute Gasteiger partial charge is 0.328 e. The van der Waals surface area contributed by atoms with Gasteiger partial charge in [0.15, 0.2) is 0 Å². The van der Waals surface area contributed by atoms with Crippen molar-refractivity contribution >= 4 is 23.3 Å². The zero-order chi connectivity index (χ0) is 11.3. The third kappa shape index (κ3) is 3.75. The number of carbonyl (C=O) groups is 1. The molecule has 0 unspecified atom stereocenters. The maximum Gasteiger partial charge on any atom is 0.321 e. The average Bonchev–Trinajstić information content (AvgIpc) is 2.22. The maximum atomic E-state index is 11.5. The highest BCUT2D eigenvalue weighted by Gasteiger charge is 2.07. The highest BCUT2D eigenvalue weighted by Crippen LogP contribution is 2.10. The minimum Gasteiger partial charge on any atom is -0.328 e. The van der Waals surface area contributed by atoms with Crippen LogP contribution in [-0.2, 0) is 0 Å². The smallest absolute Gasteiger partial charge is 0.321 e. The van der Waals surface area contributed by atoms with Crippen LogP contribution >= 0.6 is 11.6 Å². The number of hydrogen-bond donors (Lipinski definition) is 1. The molecule has 0 bridgehead atoms. The number of nitrogens with zero attached hydrogens (tertiary/aromatic N) is 2. The summed E-state index contributed by atoms with van der Waals surface area (Å²) in [5.74, 6) is 0. The van der Waals surface area contributed by atoms with Crippen molar-refractivity contribution in [3.8, 4) is 0 Å². The second kappa shape index (κ2) is 5.56. The van der Waals surface area contributed by atoms with E-state index in [2.05, 4.69) is 10.3 Å². The summed E-state index contributed by atoms with van der Waals surface area (Å²) in [6, 6.07) is 3.21. The van der Waals surface area contributed by atoms with Crippen LogP contribution in [0.4, 0.5) is 10.5 Å². The molecule has 0 saturated heterocycles. The van der Waals surface area contributed by atoms with Gasteiger partial charge in [0.1, 0.15) is 5.15 Å². The summed E-state index contributed by atoms with van der Waals surface area (Å²) in [6.07, 6.45) is 2.46.